The molecule has 1 N–H and O–H groups in total. The van der Waals surface area contributed by atoms with E-state index in [1.54, 1.807) is 6.07 Å². The summed E-state index contributed by atoms with van der Waals surface area (Å²) in [6, 6.07) is 3.52. The van der Waals surface area contributed by atoms with E-state index in [9.17, 15) is 4.79 Å². The highest BCUT2D eigenvalue weighted by Crippen LogP contribution is 2.17. The number of thiophene rings is 1. The van der Waals surface area contributed by atoms with Crippen LogP contribution in [0, 0.1) is 0 Å². The molecule has 1 aromatic heterocycles. The van der Waals surface area contributed by atoms with Crippen molar-refractivity contribution in [3.05, 3.63) is 21.9 Å². The quantitative estimate of drug-likeness (QED) is 0.743. The Morgan fingerprint density at radius 3 is 2.88 bits per heavy atom. The van der Waals surface area contributed by atoms with Gasteiger partial charge in [0.2, 0.25) is 0 Å². The minimum absolute atomic E-state index is 0.396. The Balaban J connectivity index is 2.37. The van der Waals surface area contributed by atoms with E-state index < -0.39 is 5.97 Å². The second kappa shape index (κ2) is 6.62. The first-order valence-electron chi connectivity index (χ1n) is 5.21. The van der Waals surface area contributed by atoms with Crippen molar-refractivity contribution in [2.45, 2.75) is 13.5 Å². The van der Waals surface area contributed by atoms with Gasteiger partial charge in [-0.25, -0.2) is 4.79 Å². The highest BCUT2D eigenvalue weighted by atomic mass is 32.1. The first-order chi connectivity index (χ1) is 7.63. The van der Waals surface area contributed by atoms with Crippen LogP contribution in [-0.4, -0.2) is 42.8 Å². The molecule has 0 atom stereocenters. The van der Waals surface area contributed by atoms with Gasteiger partial charge < -0.3 is 9.84 Å². The Morgan fingerprint density at radius 1 is 1.56 bits per heavy atom. The standard InChI is InChI=1S/C11H17NO3S/c1-3-15-7-6-12(2)8-9-4-5-10(16-9)11(13)14/h4-5H,3,6-8H2,1-2H3,(H,13,14). The molecule has 16 heavy (non-hydrogen) atoms. The summed E-state index contributed by atoms with van der Waals surface area (Å²) in [5, 5.41) is 8.78. The lowest BCUT2D eigenvalue weighted by molar-refractivity contribution is 0.0702. The van der Waals surface area contributed by atoms with E-state index in [1.807, 2.05) is 20.0 Å². The third-order valence-corrected chi connectivity index (χ3v) is 3.18. The van der Waals surface area contributed by atoms with Crippen molar-refractivity contribution >= 4 is 17.3 Å². The highest BCUT2D eigenvalue weighted by molar-refractivity contribution is 7.13. The molecule has 90 valence electrons. The molecule has 0 radical (unpaired) electrons. The van der Waals surface area contributed by atoms with E-state index in [4.69, 9.17) is 9.84 Å². The Hall–Kier alpha value is -0.910. The number of hydrogen-bond donors (Lipinski definition) is 1. The fraction of sp³-hybridized carbons (Fsp3) is 0.545. The zero-order valence-electron chi connectivity index (χ0n) is 9.60. The average Bonchev–Trinajstić information content (AvgIpc) is 2.66. The van der Waals surface area contributed by atoms with E-state index in [2.05, 4.69) is 4.90 Å². The van der Waals surface area contributed by atoms with Gasteiger partial charge in [0.25, 0.3) is 0 Å². The van der Waals surface area contributed by atoms with Crippen molar-refractivity contribution in [2.75, 3.05) is 26.8 Å². The average molecular weight is 243 g/mol. The van der Waals surface area contributed by atoms with Crippen molar-refractivity contribution in [2.24, 2.45) is 0 Å². The summed E-state index contributed by atoms with van der Waals surface area (Å²) in [7, 11) is 2.00. The van der Waals surface area contributed by atoms with E-state index >= 15 is 0 Å². The normalized spacial score (nSPS) is 10.9. The Labute approximate surface area is 99.5 Å². The van der Waals surface area contributed by atoms with E-state index in [0.29, 0.717) is 11.5 Å². The summed E-state index contributed by atoms with van der Waals surface area (Å²) in [5.74, 6) is -0.854. The molecule has 0 aliphatic heterocycles. The number of nitrogens with zero attached hydrogens (tertiary/aromatic N) is 1. The first-order valence-corrected chi connectivity index (χ1v) is 6.03. The molecule has 1 heterocycles. The van der Waals surface area contributed by atoms with Crippen LogP contribution in [-0.2, 0) is 11.3 Å². The number of likely N-dealkylation sites (N-methyl/N-ethyl adjacent to an activating group) is 1. The van der Waals surface area contributed by atoms with E-state index in [1.165, 1.54) is 11.3 Å². The molecule has 1 rings (SSSR count). The summed E-state index contributed by atoms with van der Waals surface area (Å²) in [5.41, 5.74) is 0. The Morgan fingerprint density at radius 2 is 2.31 bits per heavy atom. The molecule has 0 saturated carbocycles. The maximum Gasteiger partial charge on any atom is 0.345 e. The highest BCUT2D eigenvalue weighted by Gasteiger charge is 2.08. The first kappa shape index (κ1) is 13.2. The summed E-state index contributed by atoms with van der Waals surface area (Å²) in [6.45, 7) is 5.04. The summed E-state index contributed by atoms with van der Waals surface area (Å²) < 4.78 is 5.25. The summed E-state index contributed by atoms with van der Waals surface area (Å²) >= 11 is 1.33. The summed E-state index contributed by atoms with van der Waals surface area (Å²) in [6.07, 6.45) is 0. The number of ether oxygens (including phenoxy) is 1. The number of carboxylic acids is 1. The summed E-state index contributed by atoms with van der Waals surface area (Å²) in [4.78, 5) is 14.3. The van der Waals surface area contributed by atoms with E-state index in [-0.39, 0.29) is 0 Å². The molecule has 5 heteroatoms. The molecule has 0 aliphatic rings. The molecule has 4 nitrogen and oxygen atoms in total. The number of carboxylic acid groups (broad SMARTS) is 1. The van der Waals surface area contributed by atoms with Crippen molar-refractivity contribution in [3.63, 3.8) is 0 Å². The number of carbonyl (C=O) groups is 1. The predicted molar refractivity (Wildman–Crippen MR) is 64.1 cm³/mol. The van der Waals surface area contributed by atoms with Crippen molar-refractivity contribution in [1.29, 1.82) is 0 Å². The van der Waals surface area contributed by atoms with Crippen LogP contribution < -0.4 is 0 Å². The predicted octanol–water partition coefficient (Wildman–Crippen LogP) is 1.91. The minimum Gasteiger partial charge on any atom is -0.477 e. The van der Waals surface area contributed by atoms with Gasteiger partial charge in [-0.1, -0.05) is 0 Å². The van der Waals surface area contributed by atoms with Gasteiger partial charge in [0.05, 0.1) is 6.61 Å². The van der Waals surface area contributed by atoms with Gasteiger partial charge in [0.1, 0.15) is 4.88 Å². The van der Waals surface area contributed by atoms with Gasteiger partial charge in [-0.3, -0.25) is 4.90 Å². The second-order valence-electron chi connectivity index (χ2n) is 3.51. The fourth-order valence-electron chi connectivity index (χ4n) is 1.29. The van der Waals surface area contributed by atoms with Gasteiger partial charge in [0, 0.05) is 24.6 Å². The molecular weight excluding hydrogens is 226 g/mol. The van der Waals surface area contributed by atoms with E-state index in [0.717, 1.165) is 24.6 Å². The zero-order valence-corrected chi connectivity index (χ0v) is 10.4. The van der Waals surface area contributed by atoms with Crippen LogP contribution in [0.15, 0.2) is 12.1 Å². The second-order valence-corrected chi connectivity index (χ2v) is 4.67. The van der Waals surface area contributed by atoms with Crippen molar-refractivity contribution < 1.29 is 14.6 Å². The van der Waals surface area contributed by atoms with Crippen LogP contribution in [0.2, 0.25) is 0 Å². The van der Waals surface area contributed by atoms with Crippen LogP contribution in [0.3, 0.4) is 0 Å². The van der Waals surface area contributed by atoms with Crippen LogP contribution in [0.5, 0.6) is 0 Å². The maximum atomic E-state index is 10.7. The SMILES string of the molecule is CCOCCN(C)Cc1ccc(C(=O)O)s1. The van der Waals surface area contributed by atoms with Gasteiger partial charge in [-0.15, -0.1) is 11.3 Å². The van der Waals surface area contributed by atoms with Gasteiger partial charge >= 0.3 is 5.97 Å². The fourth-order valence-corrected chi connectivity index (χ4v) is 2.21. The molecular formula is C11H17NO3S. The van der Waals surface area contributed by atoms with Crippen LogP contribution in [0.4, 0.5) is 0 Å². The zero-order chi connectivity index (χ0) is 12.0. The van der Waals surface area contributed by atoms with Crippen molar-refractivity contribution in [1.82, 2.24) is 4.90 Å². The third-order valence-electron chi connectivity index (χ3n) is 2.12. The smallest absolute Gasteiger partial charge is 0.345 e. The van der Waals surface area contributed by atoms with Crippen LogP contribution in [0.25, 0.3) is 0 Å². The topological polar surface area (TPSA) is 49.8 Å². The molecule has 0 aromatic carbocycles. The van der Waals surface area contributed by atoms with Crippen LogP contribution in [0.1, 0.15) is 21.5 Å². The number of rotatable bonds is 7. The van der Waals surface area contributed by atoms with Crippen LogP contribution >= 0.6 is 11.3 Å². The molecule has 0 bridgehead atoms. The number of aromatic carboxylic acids is 1. The Kier molecular flexibility index (Phi) is 5.45. The molecule has 0 unspecified atom stereocenters. The lowest BCUT2D eigenvalue weighted by Crippen LogP contribution is -2.22. The molecule has 0 fully saturated rings. The molecule has 0 spiro atoms. The maximum absolute atomic E-state index is 10.7. The van der Waals surface area contributed by atoms with Gasteiger partial charge in [-0.05, 0) is 26.1 Å². The molecule has 0 amide bonds. The monoisotopic (exact) mass is 243 g/mol. The molecule has 1 aromatic rings. The lowest BCUT2D eigenvalue weighted by atomic mass is 10.4. The lowest BCUT2D eigenvalue weighted by Gasteiger charge is -2.14. The molecule has 0 aliphatic carbocycles. The molecule has 0 saturated heterocycles. The number of hydrogen-bond acceptors (Lipinski definition) is 4. The van der Waals surface area contributed by atoms with Gasteiger partial charge in [0.15, 0.2) is 0 Å². The third kappa shape index (κ3) is 4.30. The Bertz CT molecular complexity index is 338. The largest absolute Gasteiger partial charge is 0.477 e. The van der Waals surface area contributed by atoms with Gasteiger partial charge in [-0.2, -0.15) is 0 Å². The van der Waals surface area contributed by atoms with Crippen molar-refractivity contribution in [3.8, 4) is 0 Å². The minimum atomic E-state index is -0.854.